The number of likely N-dealkylation sites (tertiary alicyclic amines) is 1. The zero-order chi connectivity index (χ0) is 19.7. The summed E-state index contributed by atoms with van der Waals surface area (Å²) in [6.45, 7) is 8.66. The molecule has 2 heterocycles. The van der Waals surface area contributed by atoms with Gasteiger partial charge in [-0.15, -0.1) is 0 Å². The highest BCUT2D eigenvalue weighted by atomic mass is 16.7. The highest BCUT2D eigenvalue weighted by molar-refractivity contribution is 5.69. The molecule has 1 N–H and O–H groups in total. The van der Waals surface area contributed by atoms with E-state index >= 15 is 0 Å². The molecule has 2 aliphatic heterocycles. The molecule has 1 aromatic carbocycles. The molecule has 1 amide bonds. The predicted molar refractivity (Wildman–Crippen MR) is 101 cm³/mol. The highest BCUT2D eigenvalue weighted by Crippen LogP contribution is 2.43. The maximum atomic E-state index is 13.0. The van der Waals surface area contributed by atoms with Crippen LogP contribution in [0.1, 0.15) is 58.6 Å². The molecule has 2 saturated heterocycles. The Morgan fingerprint density at radius 2 is 1.89 bits per heavy atom. The third-order valence-corrected chi connectivity index (χ3v) is 5.21. The van der Waals surface area contributed by atoms with Crippen LogP contribution in [-0.2, 0) is 14.2 Å². The topological polar surface area (TPSA) is 68.2 Å². The summed E-state index contributed by atoms with van der Waals surface area (Å²) in [5.41, 5.74) is 0.161. The Labute approximate surface area is 161 Å². The van der Waals surface area contributed by atoms with E-state index in [1.54, 1.807) is 4.90 Å². The third kappa shape index (κ3) is 4.45. The van der Waals surface area contributed by atoms with Crippen molar-refractivity contribution < 1.29 is 24.1 Å². The summed E-state index contributed by atoms with van der Waals surface area (Å²) in [4.78, 5) is 14.8. The number of nitrogens with zero attached hydrogens (tertiary/aromatic N) is 1. The molecule has 1 spiro atoms. The lowest BCUT2D eigenvalue weighted by atomic mass is 9.84. The second kappa shape index (κ2) is 7.78. The molecule has 0 saturated carbocycles. The Bertz CT molecular complexity index is 636. The molecule has 150 valence electrons. The van der Waals surface area contributed by atoms with Crippen LogP contribution in [0.25, 0.3) is 0 Å². The quantitative estimate of drug-likeness (QED) is 0.871. The van der Waals surface area contributed by atoms with Gasteiger partial charge in [-0.05, 0) is 32.8 Å². The monoisotopic (exact) mass is 377 g/mol. The number of carbonyl (C=O) groups is 1. The summed E-state index contributed by atoms with van der Waals surface area (Å²) in [6.07, 6.45) is 0.477. The molecule has 0 unspecified atom stereocenters. The van der Waals surface area contributed by atoms with Gasteiger partial charge in [0.05, 0.1) is 25.4 Å². The second-order valence-electron chi connectivity index (χ2n) is 8.39. The molecular formula is C21H31NO5. The summed E-state index contributed by atoms with van der Waals surface area (Å²) in [7, 11) is 0. The van der Waals surface area contributed by atoms with Crippen LogP contribution in [0.3, 0.4) is 0 Å². The number of amides is 1. The summed E-state index contributed by atoms with van der Waals surface area (Å²) < 4.78 is 17.6. The zero-order valence-electron chi connectivity index (χ0n) is 16.7. The van der Waals surface area contributed by atoms with Gasteiger partial charge >= 0.3 is 6.09 Å². The van der Waals surface area contributed by atoms with Gasteiger partial charge < -0.3 is 19.3 Å². The summed E-state index contributed by atoms with van der Waals surface area (Å²) in [5.74, 6) is -0.736. The van der Waals surface area contributed by atoms with Crippen LogP contribution >= 0.6 is 0 Å². The van der Waals surface area contributed by atoms with Crippen LogP contribution in [0.4, 0.5) is 4.79 Å². The van der Waals surface area contributed by atoms with E-state index in [9.17, 15) is 9.90 Å². The lowest BCUT2D eigenvalue weighted by Gasteiger charge is -2.49. The third-order valence-electron chi connectivity index (χ3n) is 5.21. The van der Waals surface area contributed by atoms with Crippen molar-refractivity contribution in [2.75, 3.05) is 13.2 Å². The van der Waals surface area contributed by atoms with Gasteiger partial charge in [0.25, 0.3) is 0 Å². The number of benzene rings is 1. The Balaban J connectivity index is 1.94. The Morgan fingerprint density at radius 3 is 2.44 bits per heavy atom. The molecular weight excluding hydrogens is 346 g/mol. The molecule has 2 aliphatic rings. The van der Waals surface area contributed by atoms with Crippen LogP contribution in [0.2, 0.25) is 0 Å². The van der Waals surface area contributed by atoms with E-state index in [-0.39, 0.29) is 6.04 Å². The van der Waals surface area contributed by atoms with Crippen molar-refractivity contribution in [3.8, 4) is 0 Å². The van der Waals surface area contributed by atoms with Crippen LogP contribution in [0.5, 0.6) is 0 Å². The first-order valence-electron chi connectivity index (χ1n) is 9.77. The summed E-state index contributed by atoms with van der Waals surface area (Å²) in [6, 6.07) is 8.80. The van der Waals surface area contributed by atoms with Crippen LogP contribution in [-0.4, -0.2) is 52.8 Å². The average Bonchev–Trinajstić information content (AvgIpc) is 3.07. The smallest absolute Gasteiger partial charge is 0.410 e. The van der Waals surface area contributed by atoms with E-state index in [1.807, 2.05) is 58.0 Å². The maximum Gasteiger partial charge on any atom is 0.410 e. The fourth-order valence-corrected chi connectivity index (χ4v) is 4.04. The van der Waals surface area contributed by atoms with E-state index in [1.165, 1.54) is 0 Å². The largest absolute Gasteiger partial charge is 0.444 e. The highest BCUT2D eigenvalue weighted by Gasteiger charge is 2.52. The lowest BCUT2D eigenvalue weighted by Crippen LogP contribution is -2.60. The SMILES string of the molecule is CC[C@@H]1CC2(C[C@H]([C@H](O)c3ccccc3)N1C(=O)OC(C)(C)C)OCCO2. The van der Waals surface area contributed by atoms with Crippen molar-refractivity contribution in [2.24, 2.45) is 0 Å². The van der Waals surface area contributed by atoms with E-state index in [0.717, 1.165) is 12.0 Å². The predicted octanol–water partition coefficient (Wildman–Crippen LogP) is 3.64. The molecule has 1 aromatic rings. The molecule has 0 aliphatic carbocycles. The Morgan fingerprint density at radius 1 is 1.26 bits per heavy atom. The minimum atomic E-state index is -0.849. The molecule has 2 fully saturated rings. The first kappa shape index (κ1) is 20.1. The Hall–Kier alpha value is -1.63. The molecule has 3 atom stereocenters. The molecule has 6 heteroatoms. The van der Waals surface area contributed by atoms with Crippen molar-refractivity contribution >= 4 is 6.09 Å². The second-order valence-corrected chi connectivity index (χ2v) is 8.39. The van der Waals surface area contributed by atoms with E-state index < -0.39 is 29.6 Å². The Kier molecular flexibility index (Phi) is 5.79. The van der Waals surface area contributed by atoms with E-state index in [0.29, 0.717) is 26.1 Å². The minimum Gasteiger partial charge on any atom is -0.444 e. The number of hydrogen-bond donors (Lipinski definition) is 1. The average molecular weight is 377 g/mol. The van der Waals surface area contributed by atoms with Gasteiger partial charge in [-0.1, -0.05) is 37.3 Å². The van der Waals surface area contributed by atoms with Crippen LogP contribution in [0, 0.1) is 0 Å². The number of rotatable bonds is 3. The van der Waals surface area contributed by atoms with Crippen molar-refractivity contribution in [3.63, 3.8) is 0 Å². The van der Waals surface area contributed by atoms with Gasteiger partial charge in [-0.25, -0.2) is 4.79 Å². The normalized spacial score (nSPS) is 26.2. The van der Waals surface area contributed by atoms with Crippen LogP contribution < -0.4 is 0 Å². The summed E-state index contributed by atoms with van der Waals surface area (Å²) in [5, 5.41) is 11.2. The fourth-order valence-electron chi connectivity index (χ4n) is 4.04. The number of aliphatic hydroxyl groups is 1. The van der Waals surface area contributed by atoms with Gasteiger partial charge in [0, 0.05) is 18.9 Å². The van der Waals surface area contributed by atoms with Crippen molar-refractivity contribution in [1.82, 2.24) is 4.90 Å². The molecule has 3 rings (SSSR count). The van der Waals surface area contributed by atoms with Gasteiger partial charge in [0.2, 0.25) is 0 Å². The number of carbonyl (C=O) groups excluding carboxylic acids is 1. The van der Waals surface area contributed by atoms with Gasteiger partial charge in [0.15, 0.2) is 5.79 Å². The molecule has 6 nitrogen and oxygen atoms in total. The first-order valence-corrected chi connectivity index (χ1v) is 9.77. The molecule has 0 aromatic heterocycles. The fraction of sp³-hybridized carbons (Fsp3) is 0.667. The minimum absolute atomic E-state index is 0.130. The number of piperidine rings is 1. The van der Waals surface area contributed by atoms with Crippen LogP contribution in [0.15, 0.2) is 30.3 Å². The lowest BCUT2D eigenvalue weighted by molar-refractivity contribution is -0.215. The number of ether oxygens (including phenoxy) is 3. The van der Waals surface area contributed by atoms with Crippen molar-refractivity contribution in [2.45, 2.75) is 76.5 Å². The van der Waals surface area contributed by atoms with Gasteiger partial charge in [-0.3, -0.25) is 4.90 Å². The van der Waals surface area contributed by atoms with Crippen molar-refractivity contribution in [1.29, 1.82) is 0 Å². The van der Waals surface area contributed by atoms with Gasteiger partial charge in [-0.2, -0.15) is 0 Å². The molecule has 0 bridgehead atoms. The maximum absolute atomic E-state index is 13.0. The summed E-state index contributed by atoms with van der Waals surface area (Å²) >= 11 is 0. The standard InChI is InChI=1S/C21H31NO5/c1-5-16-13-21(25-11-12-26-21)14-17(18(23)15-9-7-6-8-10-15)22(16)19(24)27-20(2,3)4/h6-10,16-18,23H,5,11-14H2,1-4H3/t16-,17-,18-/m1/s1. The van der Waals surface area contributed by atoms with Gasteiger partial charge in [0.1, 0.15) is 5.60 Å². The number of aliphatic hydroxyl groups excluding tert-OH is 1. The number of hydrogen-bond acceptors (Lipinski definition) is 5. The van der Waals surface area contributed by atoms with E-state index in [2.05, 4.69) is 0 Å². The van der Waals surface area contributed by atoms with E-state index in [4.69, 9.17) is 14.2 Å². The molecule has 27 heavy (non-hydrogen) atoms. The zero-order valence-corrected chi connectivity index (χ0v) is 16.7. The molecule has 0 radical (unpaired) electrons. The van der Waals surface area contributed by atoms with Crippen molar-refractivity contribution in [3.05, 3.63) is 35.9 Å². The first-order chi connectivity index (χ1) is 12.7.